The van der Waals surface area contributed by atoms with Crippen LogP contribution in [0.2, 0.25) is 0 Å². The molecule has 0 saturated carbocycles. The van der Waals surface area contributed by atoms with E-state index in [4.69, 9.17) is 5.11 Å². The van der Waals surface area contributed by atoms with Crippen molar-refractivity contribution in [3.05, 3.63) is 36.3 Å². The monoisotopic (exact) mass is 300 g/mol. The van der Waals surface area contributed by atoms with Crippen LogP contribution in [0.1, 0.15) is 10.4 Å². The number of carboxylic acid groups (broad SMARTS) is 1. The fourth-order valence-electron chi connectivity index (χ4n) is 1.42. The number of pyridine rings is 1. The summed E-state index contributed by atoms with van der Waals surface area (Å²) in [6.07, 6.45) is -1.38. The highest BCUT2D eigenvalue weighted by Crippen LogP contribution is 2.21. The molecule has 2 aromatic heterocycles. The number of aromatic nitrogens is 3. The van der Waals surface area contributed by atoms with Gasteiger partial charge in [-0.3, -0.25) is 9.78 Å². The molecule has 1 amide bonds. The summed E-state index contributed by atoms with van der Waals surface area (Å²) in [5.41, 5.74) is -0.246. The van der Waals surface area contributed by atoms with E-state index in [2.05, 4.69) is 10.1 Å². The van der Waals surface area contributed by atoms with Gasteiger partial charge in [0.2, 0.25) is 0 Å². The molecule has 7 nitrogen and oxygen atoms in total. The molecule has 0 radical (unpaired) electrons. The lowest BCUT2D eigenvalue weighted by Crippen LogP contribution is -2.30. The van der Waals surface area contributed by atoms with Crippen LogP contribution in [0.4, 0.5) is 19.0 Å². The first-order valence-electron chi connectivity index (χ1n) is 5.40. The van der Waals surface area contributed by atoms with Gasteiger partial charge in [-0.15, -0.1) is 5.10 Å². The summed E-state index contributed by atoms with van der Waals surface area (Å²) in [4.78, 5) is 25.6. The summed E-state index contributed by atoms with van der Waals surface area (Å²) in [5.74, 6) is -4.53. The molecule has 0 atom stereocenters. The summed E-state index contributed by atoms with van der Waals surface area (Å²) in [7, 11) is 0. The molecular formula is C11H7F3N4O3. The average Bonchev–Trinajstić information content (AvgIpc) is 2.83. The number of nitrogens with zero attached hydrogens (tertiary/aromatic N) is 3. The normalized spacial score (nSPS) is 11.2. The second kappa shape index (κ2) is 5.23. The van der Waals surface area contributed by atoms with Crippen LogP contribution in [0.5, 0.6) is 0 Å². The van der Waals surface area contributed by atoms with Gasteiger partial charge in [-0.05, 0) is 12.1 Å². The third kappa shape index (κ3) is 3.16. The third-order valence-corrected chi connectivity index (χ3v) is 2.34. The number of amides is 1. The molecule has 21 heavy (non-hydrogen) atoms. The Bertz CT molecular complexity index is 682. The Morgan fingerprint density at radius 2 is 2.05 bits per heavy atom. The predicted molar refractivity (Wildman–Crippen MR) is 63.0 cm³/mol. The van der Waals surface area contributed by atoms with Crippen LogP contribution in [0.3, 0.4) is 0 Å². The smallest absolute Gasteiger partial charge is 0.471 e. The van der Waals surface area contributed by atoms with Gasteiger partial charge in [0.1, 0.15) is 5.56 Å². The van der Waals surface area contributed by atoms with E-state index in [1.807, 2.05) is 0 Å². The van der Waals surface area contributed by atoms with Gasteiger partial charge in [-0.25, -0.2) is 9.48 Å². The molecule has 10 heteroatoms. The standard InChI is InChI=1S/C11H7F3N4O3/c12-11(13,14)10(21)16-8-7(9(19)20)5-18(17-8)6-2-1-3-15-4-6/h1-5H,(H,19,20)(H,16,17,21). The maximum atomic E-state index is 12.2. The number of halogens is 3. The topological polar surface area (TPSA) is 97.1 Å². The van der Waals surface area contributed by atoms with E-state index in [1.165, 1.54) is 29.8 Å². The Hall–Kier alpha value is -2.91. The number of carboxylic acids is 1. The van der Waals surface area contributed by atoms with Crippen molar-refractivity contribution in [3.63, 3.8) is 0 Å². The molecule has 0 bridgehead atoms. The van der Waals surface area contributed by atoms with Crippen LogP contribution in [-0.2, 0) is 4.79 Å². The molecule has 2 rings (SSSR count). The Balaban J connectivity index is 2.39. The Morgan fingerprint density at radius 3 is 2.57 bits per heavy atom. The molecule has 0 fully saturated rings. The van der Waals surface area contributed by atoms with Crippen LogP contribution in [0.15, 0.2) is 30.7 Å². The van der Waals surface area contributed by atoms with Crippen molar-refractivity contribution in [1.82, 2.24) is 14.8 Å². The Morgan fingerprint density at radius 1 is 1.33 bits per heavy atom. The highest BCUT2D eigenvalue weighted by Gasteiger charge is 2.39. The van der Waals surface area contributed by atoms with E-state index < -0.39 is 29.4 Å². The summed E-state index contributed by atoms with van der Waals surface area (Å²) in [6.45, 7) is 0. The number of anilines is 1. The number of hydrogen-bond acceptors (Lipinski definition) is 4. The zero-order valence-corrected chi connectivity index (χ0v) is 10.1. The number of rotatable bonds is 3. The molecule has 2 heterocycles. The fourth-order valence-corrected chi connectivity index (χ4v) is 1.42. The zero-order valence-electron chi connectivity index (χ0n) is 10.1. The molecule has 0 saturated heterocycles. The minimum atomic E-state index is -5.14. The van der Waals surface area contributed by atoms with Gasteiger partial charge in [0.05, 0.1) is 11.9 Å². The van der Waals surface area contributed by atoms with E-state index >= 15 is 0 Å². The lowest BCUT2D eigenvalue weighted by atomic mass is 10.3. The predicted octanol–water partition coefficient (Wildman–Crippen LogP) is 1.47. The van der Waals surface area contributed by atoms with E-state index in [0.29, 0.717) is 5.69 Å². The van der Waals surface area contributed by atoms with Crippen molar-refractivity contribution < 1.29 is 27.9 Å². The molecule has 0 spiro atoms. The van der Waals surface area contributed by atoms with Crippen molar-refractivity contribution in [2.75, 3.05) is 5.32 Å². The van der Waals surface area contributed by atoms with Crippen molar-refractivity contribution in [3.8, 4) is 5.69 Å². The summed E-state index contributed by atoms with van der Waals surface area (Å²) >= 11 is 0. The fraction of sp³-hybridized carbons (Fsp3) is 0.0909. The number of aromatic carboxylic acids is 1. The van der Waals surface area contributed by atoms with Crippen molar-refractivity contribution in [2.45, 2.75) is 6.18 Å². The van der Waals surface area contributed by atoms with Gasteiger partial charge < -0.3 is 10.4 Å². The molecule has 2 aromatic rings. The van der Waals surface area contributed by atoms with Gasteiger partial charge >= 0.3 is 18.1 Å². The van der Waals surface area contributed by atoms with Crippen LogP contribution in [-0.4, -0.2) is 37.9 Å². The van der Waals surface area contributed by atoms with Gasteiger partial charge in [-0.2, -0.15) is 13.2 Å². The molecule has 110 valence electrons. The largest absolute Gasteiger partial charge is 0.477 e. The molecule has 0 aromatic carbocycles. The highest BCUT2D eigenvalue weighted by atomic mass is 19.4. The number of hydrogen-bond donors (Lipinski definition) is 2. The minimum Gasteiger partial charge on any atom is -0.477 e. The first-order chi connectivity index (χ1) is 9.79. The Kier molecular flexibility index (Phi) is 3.61. The SMILES string of the molecule is O=C(O)c1cn(-c2cccnc2)nc1NC(=O)C(F)(F)F. The molecule has 2 N–H and O–H groups in total. The van der Waals surface area contributed by atoms with E-state index in [-0.39, 0.29) is 0 Å². The summed E-state index contributed by atoms with van der Waals surface area (Å²) in [5, 5.41) is 14.0. The van der Waals surface area contributed by atoms with Crippen molar-refractivity contribution in [2.24, 2.45) is 0 Å². The first-order valence-corrected chi connectivity index (χ1v) is 5.40. The van der Waals surface area contributed by atoms with Gasteiger partial charge in [0, 0.05) is 12.4 Å². The molecular weight excluding hydrogens is 293 g/mol. The van der Waals surface area contributed by atoms with Crippen LogP contribution in [0, 0.1) is 0 Å². The van der Waals surface area contributed by atoms with Gasteiger partial charge in [0.25, 0.3) is 0 Å². The van der Waals surface area contributed by atoms with Crippen LogP contribution in [0.25, 0.3) is 5.69 Å². The molecule has 0 unspecified atom stereocenters. The highest BCUT2D eigenvalue weighted by molar-refractivity contribution is 6.01. The number of carbonyl (C=O) groups excluding carboxylic acids is 1. The first kappa shape index (κ1) is 14.5. The minimum absolute atomic E-state index is 0.326. The second-order valence-corrected chi connectivity index (χ2v) is 3.80. The van der Waals surface area contributed by atoms with Crippen molar-refractivity contribution in [1.29, 1.82) is 0 Å². The molecule has 0 aliphatic rings. The van der Waals surface area contributed by atoms with Crippen LogP contribution < -0.4 is 5.32 Å². The number of nitrogens with one attached hydrogen (secondary N) is 1. The van der Waals surface area contributed by atoms with Crippen LogP contribution >= 0.6 is 0 Å². The molecule has 0 aliphatic heterocycles. The quantitative estimate of drug-likeness (QED) is 0.894. The second-order valence-electron chi connectivity index (χ2n) is 3.80. The van der Waals surface area contributed by atoms with E-state index in [9.17, 15) is 22.8 Å². The van der Waals surface area contributed by atoms with Crippen molar-refractivity contribution >= 4 is 17.7 Å². The lowest BCUT2D eigenvalue weighted by Gasteiger charge is -2.05. The van der Waals surface area contributed by atoms with E-state index in [1.54, 1.807) is 0 Å². The summed E-state index contributed by atoms with van der Waals surface area (Å²) < 4.78 is 37.6. The molecule has 0 aliphatic carbocycles. The summed E-state index contributed by atoms with van der Waals surface area (Å²) in [6, 6.07) is 3.05. The maximum absolute atomic E-state index is 12.2. The third-order valence-electron chi connectivity index (χ3n) is 2.34. The number of carbonyl (C=O) groups is 2. The van der Waals surface area contributed by atoms with Gasteiger partial charge in [-0.1, -0.05) is 0 Å². The Labute approximate surface area is 115 Å². The zero-order chi connectivity index (χ0) is 15.6. The van der Waals surface area contributed by atoms with Gasteiger partial charge in [0.15, 0.2) is 5.82 Å². The lowest BCUT2D eigenvalue weighted by molar-refractivity contribution is -0.167. The average molecular weight is 300 g/mol. The maximum Gasteiger partial charge on any atom is 0.471 e. The van der Waals surface area contributed by atoms with E-state index in [0.717, 1.165) is 10.9 Å². The number of alkyl halides is 3.